The van der Waals surface area contributed by atoms with Gasteiger partial charge in [-0.2, -0.15) is 0 Å². The Bertz CT molecular complexity index is 614. The number of hydrogen-bond donors (Lipinski definition) is 1. The predicted molar refractivity (Wildman–Crippen MR) is 86.6 cm³/mol. The minimum Gasteiger partial charge on any atom is -0.466 e. The molecule has 1 atom stereocenters. The lowest BCUT2D eigenvalue weighted by Crippen LogP contribution is -2.48. The van der Waals surface area contributed by atoms with Crippen LogP contribution in [0.25, 0.3) is 0 Å². The van der Waals surface area contributed by atoms with Gasteiger partial charge in [0.1, 0.15) is 0 Å². The molecule has 0 bridgehead atoms. The summed E-state index contributed by atoms with van der Waals surface area (Å²) in [5.74, 6) is -0.450. The van der Waals surface area contributed by atoms with Crippen LogP contribution in [0.15, 0.2) is 27.2 Å². The molecular formula is C14H17BrN2O4S. The highest BCUT2D eigenvalue weighted by Gasteiger charge is 2.36. The Morgan fingerprint density at radius 3 is 2.77 bits per heavy atom. The van der Waals surface area contributed by atoms with Gasteiger partial charge in [-0.15, -0.1) is 11.3 Å². The van der Waals surface area contributed by atoms with Gasteiger partial charge in [0.2, 0.25) is 0 Å². The number of thiophene rings is 1. The fourth-order valence-electron chi connectivity index (χ4n) is 2.30. The van der Waals surface area contributed by atoms with Gasteiger partial charge in [-0.05, 0) is 28.9 Å². The lowest BCUT2D eigenvalue weighted by atomic mass is 10.0. The summed E-state index contributed by atoms with van der Waals surface area (Å²) in [6, 6.07) is 1.13. The SMILES string of the molecule is COCCN1C(=O)N[C@H](c2cc(Br)cs2)C(C(=O)OC)=C1C. The number of halogens is 1. The first-order chi connectivity index (χ1) is 10.5. The van der Waals surface area contributed by atoms with E-state index in [0.717, 1.165) is 9.35 Å². The maximum absolute atomic E-state index is 12.3. The Morgan fingerprint density at radius 1 is 1.50 bits per heavy atom. The van der Waals surface area contributed by atoms with E-state index >= 15 is 0 Å². The van der Waals surface area contributed by atoms with E-state index in [9.17, 15) is 9.59 Å². The van der Waals surface area contributed by atoms with Crippen LogP contribution in [-0.2, 0) is 14.3 Å². The summed E-state index contributed by atoms with van der Waals surface area (Å²) >= 11 is 4.85. The van der Waals surface area contributed by atoms with E-state index < -0.39 is 12.0 Å². The number of ether oxygens (including phenoxy) is 2. The van der Waals surface area contributed by atoms with Crippen LogP contribution < -0.4 is 5.32 Å². The van der Waals surface area contributed by atoms with Crippen LogP contribution in [0.1, 0.15) is 17.8 Å². The molecule has 120 valence electrons. The third-order valence-corrected chi connectivity index (χ3v) is 5.15. The molecule has 0 spiro atoms. The topological polar surface area (TPSA) is 67.9 Å². The molecule has 1 N–H and O–H groups in total. The number of carbonyl (C=O) groups is 2. The average molecular weight is 389 g/mol. The molecule has 1 aliphatic heterocycles. The zero-order chi connectivity index (χ0) is 16.3. The zero-order valence-electron chi connectivity index (χ0n) is 12.5. The van der Waals surface area contributed by atoms with Crippen molar-refractivity contribution in [2.24, 2.45) is 0 Å². The first-order valence-electron chi connectivity index (χ1n) is 6.59. The van der Waals surface area contributed by atoms with Crippen molar-refractivity contribution in [3.63, 3.8) is 0 Å². The van der Waals surface area contributed by atoms with Gasteiger partial charge in [0.15, 0.2) is 0 Å². The second kappa shape index (κ2) is 7.26. The fourth-order valence-corrected chi connectivity index (χ4v) is 3.80. The number of urea groups is 1. The molecule has 0 aliphatic carbocycles. The number of amides is 2. The van der Waals surface area contributed by atoms with E-state index in [4.69, 9.17) is 9.47 Å². The Morgan fingerprint density at radius 2 is 2.23 bits per heavy atom. The van der Waals surface area contributed by atoms with Crippen molar-refractivity contribution < 1.29 is 19.1 Å². The van der Waals surface area contributed by atoms with Crippen molar-refractivity contribution in [3.8, 4) is 0 Å². The number of rotatable bonds is 5. The highest BCUT2D eigenvalue weighted by molar-refractivity contribution is 9.10. The minimum atomic E-state index is -0.505. The second-order valence-electron chi connectivity index (χ2n) is 4.68. The maximum Gasteiger partial charge on any atom is 0.338 e. The number of allylic oxidation sites excluding steroid dienone is 1. The van der Waals surface area contributed by atoms with Gasteiger partial charge in [-0.3, -0.25) is 4.90 Å². The Kier molecular flexibility index (Phi) is 5.60. The summed E-state index contributed by atoms with van der Waals surface area (Å²) < 4.78 is 10.8. The summed E-state index contributed by atoms with van der Waals surface area (Å²) in [5.41, 5.74) is 1.02. The van der Waals surface area contributed by atoms with Gasteiger partial charge in [-0.1, -0.05) is 0 Å². The zero-order valence-corrected chi connectivity index (χ0v) is 14.9. The van der Waals surface area contributed by atoms with Crippen LogP contribution >= 0.6 is 27.3 Å². The number of hydrogen-bond acceptors (Lipinski definition) is 5. The van der Waals surface area contributed by atoms with Crippen molar-refractivity contribution in [1.82, 2.24) is 10.2 Å². The third kappa shape index (κ3) is 3.34. The lowest BCUT2D eigenvalue weighted by molar-refractivity contribution is -0.136. The van der Waals surface area contributed by atoms with Crippen LogP contribution in [0, 0.1) is 0 Å². The van der Waals surface area contributed by atoms with Crippen molar-refractivity contribution in [2.45, 2.75) is 13.0 Å². The summed E-state index contributed by atoms with van der Waals surface area (Å²) in [6.45, 7) is 2.50. The monoisotopic (exact) mass is 388 g/mol. The largest absolute Gasteiger partial charge is 0.466 e. The molecule has 1 aromatic rings. The summed E-state index contributed by atoms with van der Waals surface area (Å²) in [7, 11) is 2.90. The summed E-state index contributed by atoms with van der Waals surface area (Å²) in [6.07, 6.45) is 0. The van der Waals surface area contributed by atoms with Gasteiger partial charge in [0, 0.05) is 27.5 Å². The molecule has 0 radical (unpaired) electrons. The Labute approximate surface area is 141 Å². The van der Waals surface area contributed by atoms with Crippen LogP contribution in [-0.4, -0.2) is 44.3 Å². The molecule has 2 amide bonds. The van der Waals surface area contributed by atoms with E-state index in [1.54, 1.807) is 14.0 Å². The van der Waals surface area contributed by atoms with Gasteiger partial charge in [0.05, 0.1) is 31.9 Å². The highest BCUT2D eigenvalue weighted by atomic mass is 79.9. The first kappa shape index (κ1) is 17.0. The van der Waals surface area contributed by atoms with Crippen LogP contribution in [0.4, 0.5) is 4.79 Å². The Balaban J connectivity index is 2.44. The molecule has 22 heavy (non-hydrogen) atoms. The van der Waals surface area contributed by atoms with Crippen LogP contribution in [0.2, 0.25) is 0 Å². The predicted octanol–water partition coefficient (Wildman–Crippen LogP) is 2.67. The highest BCUT2D eigenvalue weighted by Crippen LogP contribution is 2.35. The molecule has 0 fully saturated rings. The average Bonchev–Trinajstić information content (AvgIpc) is 2.92. The van der Waals surface area contributed by atoms with Gasteiger partial charge >= 0.3 is 12.0 Å². The van der Waals surface area contributed by atoms with E-state index in [-0.39, 0.29) is 6.03 Å². The second-order valence-corrected chi connectivity index (χ2v) is 6.54. The molecule has 2 heterocycles. The normalized spacial score (nSPS) is 18.5. The number of carbonyl (C=O) groups excluding carboxylic acids is 2. The van der Waals surface area contributed by atoms with Crippen LogP contribution in [0.5, 0.6) is 0 Å². The molecule has 6 nitrogen and oxygen atoms in total. The molecule has 1 aromatic heterocycles. The maximum atomic E-state index is 12.3. The smallest absolute Gasteiger partial charge is 0.338 e. The number of esters is 1. The van der Waals surface area contributed by atoms with Crippen molar-refractivity contribution in [1.29, 1.82) is 0 Å². The number of methoxy groups -OCH3 is 2. The fraction of sp³-hybridized carbons (Fsp3) is 0.429. The van der Waals surface area contributed by atoms with E-state index in [1.807, 2.05) is 11.4 Å². The van der Waals surface area contributed by atoms with Gasteiger partial charge in [0.25, 0.3) is 0 Å². The van der Waals surface area contributed by atoms with Crippen molar-refractivity contribution >= 4 is 39.3 Å². The van der Waals surface area contributed by atoms with Crippen molar-refractivity contribution in [3.05, 3.63) is 32.1 Å². The quantitative estimate of drug-likeness (QED) is 0.787. The van der Waals surface area contributed by atoms with E-state index in [0.29, 0.717) is 24.4 Å². The molecule has 8 heteroatoms. The Hall–Kier alpha value is -1.38. The van der Waals surface area contributed by atoms with E-state index in [1.165, 1.54) is 23.3 Å². The summed E-state index contributed by atoms with van der Waals surface area (Å²) in [4.78, 5) is 26.9. The van der Waals surface area contributed by atoms with Gasteiger partial charge in [-0.25, -0.2) is 9.59 Å². The number of nitrogens with one attached hydrogen (secondary N) is 1. The van der Waals surface area contributed by atoms with Gasteiger partial charge < -0.3 is 14.8 Å². The van der Waals surface area contributed by atoms with Crippen LogP contribution in [0.3, 0.4) is 0 Å². The lowest BCUT2D eigenvalue weighted by Gasteiger charge is -2.34. The molecule has 1 aliphatic rings. The van der Waals surface area contributed by atoms with E-state index in [2.05, 4.69) is 21.2 Å². The minimum absolute atomic E-state index is 0.253. The number of nitrogens with zero attached hydrogens (tertiary/aromatic N) is 1. The molecule has 0 aromatic carbocycles. The summed E-state index contributed by atoms with van der Waals surface area (Å²) in [5, 5.41) is 4.77. The molecule has 2 rings (SSSR count). The molecular weight excluding hydrogens is 372 g/mol. The molecule has 0 unspecified atom stereocenters. The molecule has 0 saturated heterocycles. The standard InChI is InChI=1S/C14H17BrN2O4S/c1-8-11(13(18)21-3)12(10-6-9(15)7-22-10)16-14(19)17(8)4-5-20-2/h6-7,12H,4-5H2,1-3H3,(H,16,19)/t12-/m1/s1. The first-order valence-corrected chi connectivity index (χ1v) is 8.26. The molecule has 0 saturated carbocycles. The third-order valence-electron chi connectivity index (χ3n) is 3.39. The van der Waals surface area contributed by atoms with Crippen molar-refractivity contribution in [2.75, 3.05) is 27.4 Å².